The Morgan fingerprint density at radius 2 is 1.87 bits per heavy atom. The van der Waals surface area contributed by atoms with Crippen LogP contribution in [0.15, 0.2) is 72.8 Å². The molecule has 1 heterocycles. The molecule has 0 atom stereocenters. The normalized spacial score (nSPS) is 13.4. The highest BCUT2D eigenvalue weighted by Crippen LogP contribution is 2.36. The smallest absolute Gasteiger partial charge is 0.339 e. The third-order valence-electron chi connectivity index (χ3n) is 6.45. The lowest BCUT2D eigenvalue weighted by Gasteiger charge is -2.22. The number of esters is 1. The van der Waals surface area contributed by atoms with Gasteiger partial charge in [-0.05, 0) is 60.2 Å². The number of benzene rings is 3. The maximum Gasteiger partial charge on any atom is 0.339 e. The molecule has 1 aliphatic carbocycles. The number of nitrogens with zero attached hydrogens (tertiary/aromatic N) is 3. The second-order valence-electron chi connectivity index (χ2n) is 8.99. The van der Waals surface area contributed by atoms with Crippen LogP contribution in [0.3, 0.4) is 0 Å². The van der Waals surface area contributed by atoms with Crippen LogP contribution in [0, 0.1) is 21.4 Å². The van der Waals surface area contributed by atoms with Crippen molar-refractivity contribution in [3.63, 3.8) is 0 Å². The molecule has 1 amide bonds. The molecular formula is C30H22N4O5. The van der Waals surface area contributed by atoms with Gasteiger partial charge in [0.2, 0.25) is 0 Å². The van der Waals surface area contributed by atoms with Gasteiger partial charge in [-0.2, -0.15) is 5.26 Å². The highest BCUT2D eigenvalue weighted by molar-refractivity contribution is 6.07. The molecule has 9 heteroatoms. The Bertz CT molecular complexity index is 1700. The summed E-state index contributed by atoms with van der Waals surface area (Å²) < 4.78 is 5.45. The summed E-state index contributed by atoms with van der Waals surface area (Å²) in [6, 6.07) is 22.1. The summed E-state index contributed by atoms with van der Waals surface area (Å²) in [5.74, 6) is -1.21. The van der Waals surface area contributed by atoms with Gasteiger partial charge in [0, 0.05) is 17.5 Å². The summed E-state index contributed by atoms with van der Waals surface area (Å²) in [6.07, 6.45) is 3.89. The fraction of sp³-hybridized carbons (Fsp3) is 0.133. The Hall–Kier alpha value is -5.36. The van der Waals surface area contributed by atoms with E-state index in [2.05, 4.69) is 5.32 Å². The Morgan fingerprint density at radius 1 is 1.08 bits per heavy atom. The van der Waals surface area contributed by atoms with Crippen LogP contribution < -0.4 is 5.32 Å². The summed E-state index contributed by atoms with van der Waals surface area (Å²) in [5.41, 5.74) is 4.48. The lowest BCUT2D eigenvalue weighted by molar-refractivity contribution is -0.384. The Morgan fingerprint density at radius 3 is 2.69 bits per heavy atom. The van der Waals surface area contributed by atoms with Gasteiger partial charge in [0.05, 0.1) is 32.9 Å². The number of carbonyl (C=O) groups excluding carboxylic acids is 2. The minimum Gasteiger partial charge on any atom is -0.452 e. The van der Waals surface area contributed by atoms with Crippen molar-refractivity contribution in [3.05, 3.63) is 111 Å². The number of nitro groups is 1. The van der Waals surface area contributed by atoms with Crippen molar-refractivity contribution >= 4 is 45.8 Å². The first-order chi connectivity index (χ1) is 18.9. The molecule has 3 aromatic carbocycles. The van der Waals surface area contributed by atoms with E-state index in [-0.39, 0.29) is 5.69 Å². The van der Waals surface area contributed by atoms with E-state index < -0.39 is 23.4 Å². The fourth-order valence-corrected chi connectivity index (χ4v) is 4.72. The molecule has 9 nitrogen and oxygen atoms in total. The molecule has 0 fully saturated rings. The fourth-order valence-electron chi connectivity index (χ4n) is 4.72. The average Bonchev–Trinajstić information content (AvgIpc) is 2.95. The van der Waals surface area contributed by atoms with E-state index in [9.17, 15) is 25.0 Å². The van der Waals surface area contributed by atoms with Gasteiger partial charge in [0.1, 0.15) is 6.07 Å². The summed E-state index contributed by atoms with van der Waals surface area (Å²) in [6.45, 7) is -0.527. The van der Waals surface area contributed by atoms with Gasteiger partial charge >= 0.3 is 5.97 Å². The molecule has 1 aromatic heterocycles. The van der Waals surface area contributed by atoms with E-state index in [1.54, 1.807) is 54.6 Å². The number of aromatic nitrogens is 1. The van der Waals surface area contributed by atoms with Crippen molar-refractivity contribution in [2.24, 2.45) is 0 Å². The van der Waals surface area contributed by atoms with E-state index in [0.29, 0.717) is 51.8 Å². The molecule has 4 aromatic rings. The Kier molecular flexibility index (Phi) is 7.10. The van der Waals surface area contributed by atoms with Crippen molar-refractivity contribution in [2.75, 3.05) is 11.9 Å². The zero-order valence-electron chi connectivity index (χ0n) is 20.7. The molecule has 5 rings (SSSR count). The van der Waals surface area contributed by atoms with E-state index in [1.165, 1.54) is 12.1 Å². The van der Waals surface area contributed by atoms with Crippen LogP contribution in [-0.2, 0) is 16.0 Å². The SMILES string of the molecule is N#Cc1ccccc1NC(=O)COC(=O)c1c2c(nc3ccccc13)/C(=C/c1cccc([N+](=O)[O-])c1)CCC2. The van der Waals surface area contributed by atoms with Gasteiger partial charge in [0.15, 0.2) is 6.61 Å². The number of nitriles is 1. The predicted octanol–water partition coefficient (Wildman–Crippen LogP) is 5.69. The number of nitro benzene ring substituents is 1. The zero-order valence-corrected chi connectivity index (χ0v) is 20.7. The third-order valence-corrected chi connectivity index (χ3v) is 6.45. The van der Waals surface area contributed by atoms with Gasteiger partial charge in [-0.1, -0.05) is 42.5 Å². The summed E-state index contributed by atoms with van der Waals surface area (Å²) >= 11 is 0. The second kappa shape index (κ2) is 10.9. The molecular weight excluding hydrogens is 496 g/mol. The van der Waals surface area contributed by atoms with Crippen LogP contribution in [-0.4, -0.2) is 28.4 Å². The molecule has 0 saturated heterocycles. The standard InChI is InChI=1S/C30H22N4O5/c31-17-21-8-1-3-13-25(21)32-27(35)18-39-30(36)28-23-11-2-4-14-26(23)33-29-20(9-6-12-24(28)29)15-19-7-5-10-22(16-19)34(37)38/h1-5,7-8,10-11,13-16H,6,9,12,18H2,(H,32,35)/b20-15+. The summed E-state index contributed by atoms with van der Waals surface area (Å²) in [7, 11) is 0. The Labute approximate surface area is 223 Å². The van der Waals surface area contributed by atoms with Crippen LogP contribution >= 0.6 is 0 Å². The number of amides is 1. The van der Waals surface area contributed by atoms with Gasteiger partial charge in [0.25, 0.3) is 11.6 Å². The molecule has 0 aliphatic heterocycles. The van der Waals surface area contributed by atoms with Crippen LogP contribution in [0.25, 0.3) is 22.6 Å². The van der Waals surface area contributed by atoms with Crippen LogP contribution in [0.2, 0.25) is 0 Å². The highest BCUT2D eigenvalue weighted by atomic mass is 16.6. The molecule has 0 spiro atoms. The van der Waals surface area contributed by atoms with Crippen molar-refractivity contribution < 1.29 is 19.2 Å². The first kappa shape index (κ1) is 25.3. The molecule has 1 N–H and O–H groups in total. The highest BCUT2D eigenvalue weighted by Gasteiger charge is 2.26. The molecule has 1 aliphatic rings. The average molecular weight is 519 g/mol. The van der Waals surface area contributed by atoms with E-state index in [4.69, 9.17) is 9.72 Å². The number of fused-ring (bicyclic) bond motifs is 2. The van der Waals surface area contributed by atoms with Crippen LogP contribution in [0.4, 0.5) is 11.4 Å². The van der Waals surface area contributed by atoms with E-state index in [0.717, 1.165) is 17.6 Å². The lowest BCUT2D eigenvalue weighted by atomic mass is 9.86. The molecule has 39 heavy (non-hydrogen) atoms. The van der Waals surface area contributed by atoms with Gasteiger partial charge < -0.3 is 10.1 Å². The summed E-state index contributed by atoms with van der Waals surface area (Å²) in [5, 5.41) is 23.7. The second-order valence-corrected chi connectivity index (χ2v) is 8.99. The maximum absolute atomic E-state index is 13.4. The number of hydrogen-bond donors (Lipinski definition) is 1. The number of carbonyl (C=O) groups is 2. The third kappa shape index (κ3) is 5.36. The number of nitrogens with one attached hydrogen (secondary N) is 1. The van der Waals surface area contributed by atoms with Crippen LogP contribution in [0.1, 0.15) is 45.6 Å². The minimum atomic E-state index is -0.648. The molecule has 0 radical (unpaired) electrons. The number of anilines is 1. The van der Waals surface area contributed by atoms with Crippen LogP contribution in [0.5, 0.6) is 0 Å². The number of rotatable bonds is 6. The minimum absolute atomic E-state index is 0.00760. The quantitative estimate of drug-likeness (QED) is 0.197. The molecule has 0 bridgehead atoms. The lowest BCUT2D eigenvalue weighted by Crippen LogP contribution is -2.23. The van der Waals surface area contributed by atoms with E-state index in [1.807, 2.05) is 18.2 Å². The largest absolute Gasteiger partial charge is 0.452 e. The van der Waals surface area contributed by atoms with Gasteiger partial charge in [-0.3, -0.25) is 14.9 Å². The van der Waals surface area contributed by atoms with Crippen molar-refractivity contribution in [2.45, 2.75) is 19.3 Å². The van der Waals surface area contributed by atoms with Gasteiger partial charge in [-0.15, -0.1) is 0 Å². The number of pyridine rings is 1. The number of ether oxygens (including phenoxy) is 1. The monoisotopic (exact) mass is 518 g/mol. The Balaban J connectivity index is 1.47. The predicted molar refractivity (Wildman–Crippen MR) is 146 cm³/mol. The maximum atomic E-state index is 13.4. The van der Waals surface area contributed by atoms with Gasteiger partial charge in [-0.25, -0.2) is 9.78 Å². The van der Waals surface area contributed by atoms with Crippen molar-refractivity contribution in [1.82, 2.24) is 4.98 Å². The van der Waals surface area contributed by atoms with E-state index >= 15 is 0 Å². The molecule has 0 saturated carbocycles. The number of hydrogen-bond acceptors (Lipinski definition) is 7. The number of para-hydroxylation sites is 2. The first-order valence-corrected chi connectivity index (χ1v) is 12.3. The first-order valence-electron chi connectivity index (χ1n) is 12.3. The molecule has 0 unspecified atom stereocenters. The number of allylic oxidation sites excluding steroid dienone is 1. The van der Waals surface area contributed by atoms with Crippen molar-refractivity contribution in [3.8, 4) is 6.07 Å². The topological polar surface area (TPSA) is 135 Å². The van der Waals surface area contributed by atoms with Crippen molar-refractivity contribution in [1.29, 1.82) is 5.26 Å². The molecule has 192 valence electrons. The summed E-state index contributed by atoms with van der Waals surface area (Å²) in [4.78, 5) is 41.6. The zero-order chi connectivity index (χ0) is 27.4. The number of non-ortho nitro benzene ring substituents is 1.